The minimum absolute atomic E-state index is 0.694. The molecule has 0 unspecified atom stereocenters. The van der Waals surface area contributed by atoms with Gasteiger partial charge < -0.3 is 5.32 Å². The fraction of sp³-hybridized carbons (Fsp3) is 0.182. The number of rotatable bonds is 2. The molecular weight excluding hydrogens is 275 g/mol. The lowest BCUT2D eigenvalue weighted by atomic mass is 10.1. The van der Waals surface area contributed by atoms with Gasteiger partial charge in [-0.15, -0.1) is 0 Å². The second-order valence-electron chi connectivity index (χ2n) is 3.26. The molecule has 0 atom stereocenters. The van der Waals surface area contributed by atoms with Crippen molar-refractivity contribution >= 4 is 38.4 Å². The Bertz CT molecular complexity index is 499. The highest BCUT2D eigenvalue weighted by molar-refractivity contribution is 9.10. The smallest absolute Gasteiger partial charge is 0.0899 e. The summed E-state index contributed by atoms with van der Waals surface area (Å²) in [4.78, 5) is 4.26. The topological polar surface area (TPSA) is 24.9 Å². The lowest BCUT2D eigenvalue weighted by Gasteiger charge is -2.08. The molecule has 4 heteroatoms. The zero-order valence-corrected chi connectivity index (χ0v) is 10.6. The van der Waals surface area contributed by atoms with Crippen molar-refractivity contribution in [3.63, 3.8) is 0 Å². The van der Waals surface area contributed by atoms with Gasteiger partial charge in [-0.05, 0) is 40.7 Å². The molecule has 78 valence electrons. The molecule has 15 heavy (non-hydrogen) atoms. The molecule has 0 bridgehead atoms. The van der Waals surface area contributed by atoms with Crippen molar-refractivity contribution in [1.82, 2.24) is 10.3 Å². The fourth-order valence-corrected chi connectivity index (χ4v) is 2.41. The highest BCUT2D eigenvalue weighted by Crippen LogP contribution is 2.31. The van der Waals surface area contributed by atoms with E-state index in [9.17, 15) is 0 Å². The zero-order chi connectivity index (χ0) is 10.8. The number of fused-ring (bicyclic) bond motifs is 1. The zero-order valence-electron chi connectivity index (χ0n) is 8.22. The predicted octanol–water partition coefficient (Wildman–Crippen LogP) is 3.37. The second kappa shape index (κ2) is 4.47. The third-order valence-corrected chi connectivity index (χ3v) is 3.45. The number of halogens is 2. The van der Waals surface area contributed by atoms with Crippen LogP contribution < -0.4 is 5.32 Å². The van der Waals surface area contributed by atoms with Crippen LogP contribution in [0.4, 0.5) is 0 Å². The Hall–Kier alpha value is -0.640. The molecule has 0 aliphatic carbocycles. The first kappa shape index (κ1) is 10.9. The molecule has 0 radical (unpaired) electrons. The van der Waals surface area contributed by atoms with Crippen molar-refractivity contribution < 1.29 is 0 Å². The van der Waals surface area contributed by atoms with Crippen molar-refractivity contribution in [2.24, 2.45) is 0 Å². The Morgan fingerprint density at radius 2 is 2.33 bits per heavy atom. The quantitative estimate of drug-likeness (QED) is 0.915. The van der Waals surface area contributed by atoms with E-state index in [2.05, 4.69) is 26.2 Å². The summed E-state index contributed by atoms with van der Waals surface area (Å²) in [5, 5.41) is 4.85. The van der Waals surface area contributed by atoms with Gasteiger partial charge in [0.2, 0.25) is 0 Å². The van der Waals surface area contributed by atoms with Crippen molar-refractivity contribution in [2.75, 3.05) is 7.05 Å². The van der Waals surface area contributed by atoms with E-state index in [0.717, 1.165) is 27.5 Å². The molecule has 1 heterocycles. The molecule has 0 aliphatic heterocycles. The summed E-state index contributed by atoms with van der Waals surface area (Å²) < 4.78 is 1.06. The Kier molecular flexibility index (Phi) is 3.24. The molecule has 0 fully saturated rings. The van der Waals surface area contributed by atoms with Crippen LogP contribution >= 0.6 is 27.5 Å². The Balaban J connectivity index is 2.72. The highest BCUT2D eigenvalue weighted by atomic mass is 79.9. The summed E-state index contributed by atoms with van der Waals surface area (Å²) >= 11 is 9.74. The summed E-state index contributed by atoms with van der Waals surface area (Å²) in [6.07, 6.45) is 1.75. The number of aromatic nitrogens is 1. The van der Waals surface area contributed by atoms with Gasteiger partial charge in [-0.2, -0.15) is 0 Å². The van der Waals surface area contributed by atoms with E-state index in [4.69, 9.17) is 11.6 Å². The molecule has 0 saturated heterocycles. The maximum Gasteiger partial charge on any atom is 0.0899 e. The minimum Gasteiger partial charge on any atom is -0.316 e. The Labute approximate surface area is 102 Å². The molecule has 1 aromatic carbocycles. The summed E-state index contributed by atoms with van der Waals surface area (Å²) in [7, 11) is 1.91. The third-order valence-electron chi connectivity index (χ3n) is 2.22. The number of nitrogens with one attached hydrogen (secondary N) is 1. The summed E-state index contributed by atoms with van der Waals surface area (Å²) in [5.41, 5.74) is 1.98. The van der Waals surface area contributed by atoms with Crippen LogP contribution in [0.3, 0.4) is 0 Å². The number of benzene rings is 1. The first-order valence-corrected chi connectivity index (χ1v) is 5.77. The average molecular weight is 286 g/mol. The lowest BCUT2D eigenvalue weighted by Crippen LogP contribution is -2.06. The van der Waals surface area contributed by atoms with Crippen LogP contribution in [0.2, 0.25) is 5.02 Å². The van der Waals surface area contributed by atoms with Crippen LogP contribution in [0, 0.1) is 0 Å². The van der Waals surface area contributed by atoms with Crippen LogP contribution in [0.15, 0.2) is 28.9 Å². The fourth-order valence-electron chi connectivity index (χ4n) is 1.55. The van der Waals surface area contributed by atoms with Crippen molar-refractivity contribution in [2.45, 2.75) is 6.54 Å². The van der Waals surface area contributed by atoms with E-state index in [1.54, 1.807) is 6.20 Å². The van der Waals surface area contributed by atoms with Gasteiger partial charge in [0.1, 0.15) is 0 Å². The van der Waals surface area contributed by atoms with Crippen molar-refractivity contribution in [3.05, 3.63) is 39.5 Å². The maximum absolute atomic E-state index is 6.16. The molecule has 1 aromatic heterocycles. The van der Waals surface area contributed by atoms with Crippen molar-refractivity contribution in [1.29, 1.82) is 0 Å². The number of hydrogen-bond donors (Lipinski definition) is 1. The number of pyridine rings is 1. The predicted molar refractivity (Wildman–Crippen MR) is 67.2 cm³/mol. The summed E-state index contributed by atoms with van der Waals surface area (Å²) in [6.45, 7) is 0.783. The van der Waals surface area contributed by atoms with Crippen LogP contribution in [-0.2, 0) is 6.54 Å². The molecule has 2 aromatic rings. The van der Waals surface area contributed by atoms with E-state index >= 15 is 0 Å². The first-order valence-electron chi connectivity index (χ1n) is 4.60. The van der Waals surface area contributed by atoms with E-state index in [-0.39, 0.29) is 0 Å². The van der Waals surface area contributed by atoms with Gasteiger partial charge in [0.25, 0.3) is 0 Å². The van der Waals surface area contributed by atoms with Crippen LogP contribution in [0.5, 0.6) is 0 Å². The van der Waals surface area contributed by atoms with Gasteiger partial charge in [0, 0.05) is 22.6 Å². The van der Waals surface area contributed by atoms with Crippen LogP contribution in [0.1, 0.15) is 5.56 Å². The van der Waals surface area contributed by atoms with Gasteiger partial charge >= 0.3 is 0 Å². The molecule has 0 aliphatic rings. The van der Waals surface area contributed by atoms with Gasteiger partial charge in [0.05, 0.1) is 10.5 Å². The van der Waals surface area contributed by atoms with Gasteiger partial charge in [-0.25, -0.2) is 0 Å². The monoisotopic (exact) mass is 284 g/mol. The van der Waals surface area contributed by atoms with Gasteiger partial charge in [0.15, 0.2) is 0 Å². The number of hydrogen-bond acceptors (Lipinski definition) is 2. The van der Waals surface area contributed by atoms with Gasteiger partial charge in [-0.3, -0.25) is 4.98 Å². The summed E-state index contributed by atoms with van der Waals surface area (Å²) in [6, 6.07) is 5.86. The normalized spacial score (nSPS) is 10.9. The minimum atomic E-state index is 0.694. The Morgan fingerprint density at radius 1 is 1.53 bits per heavy atom. The largest absolute Gasteiger partial charge is 0.316 e. The summed E-state index contributed by atoms with van der Waals surface area (Å²) in [5.74, 6) is 0. The molecular formula is C11H10BrClN2. The second-order valence-corrected chi connectivity index (χ2v) is 4.46. The van der Waals surface area contributed by atoms with Crippen LogP contribution in [-0.4, -0.2) is 12.0 Å². The molecule has 2 nitrogen and oxygen atoms in total. The van der Waals surface area contributed by atoms with E-state index < -0.39 is 0 Å². The molecule has 0 amide bonds. The molecule has 0 saturated carbocycles. The third kappa shape index (κ3) is 2.00. The van der Waals surface area contributed by atoms with E-state index in [1.807, 2.05) is 25.2 Å². The van der Waals surface area contributed by atoms with E-state index in [1.165, 1.54) is 0 Å². The highest BCUT2D eigenvalue weighted by Gasteiger charge is 2.08. The number of nitrogens with zero attached hydrogens (tertiary/aromatic N) is 1. The Morgan fingerprint density at radius 3 is 3.07 bits per heavy atom. The maximum atomic E-state index is 6.16. The molecule has 0 spiro atoms. The average Bonchev–Trinajstić information content (AvgIpc) is 2.26. The first-order chi connectivity index (χ1) is 7.24. The van der Waals surface area contributed by atoms with Gasteiger partial charge in [-0.1, -0.05) is 17.7 Å². The van der Waals surface area contributed by atoms with Crippen molar-refractivity contribution in [3.8, 4) is 0 Å². The SMILES string of the molecule is CNCc1cc(Cl)c2ncccc2c1Br. The van der Waals surface area contributed by atoms with Crippen LogP contribution in [0.25, 0.3) is 10.9 Å². The van der Waals surface area contributed by atoms with E-state index in [0.29, 0.717) is 5.02 Å². The standard InChI is InChI=1S/C11H10BrClN2/c1-14-6-7-5-9(13)11-8(10(7)12)3-2-4-15-11/h2-5,14H,6H2,1H3. The molecule has 1 N–H and O–H groups in total. The molecule has 2 rings (SSSR count). The lowest BCUT2D eigenvalue weighted by molar-refractivity contribution is 0.816.